The molecular weight excluding hydrogens is 290 g/mol. The number of nitriles is 1. The van der Waals surface area contributed by atoms with Gasteiger partial charge in [-0.05, 0) is 24.6 Å². The van der Waals surface area contributed by atoms with E-state index >= 15 is 0 Å². The smallest absolute Gasteiger partial charge is 0.349 e. The molecule has 2 aromatic heterocycles. The molecule has 1 N–H and O–H groups in total. The molecule has 0 fully saturated rings. The molecule has 0 spiro atoms. The molecule has 2 rings (SSSR count). The van der Waals surface area contributed by atoms with Gasteiger partial charge in [0.15, 0.2) is 5.57 Å². The summed E-state index contributed by atoms with van der Waals surface area (Å²) in [5, 5.41) is 18.0. The van der Waals surface area contributed by atoms with Gasteiger partial charge in [-0.15, -0.1) is 11.3 Å². The summed E-state index contributed by atoms with van der Waals surface area (Å²) in [6, 6.07) is 5.16. The third-order valence-electron chi connectivity index (χ3n) is 2.75. The summed E-state index contributed by atoms with van der Waals surface area (Å²) in [5.41, 5.74) is -0.000347. The van der Waals surface area contributed by atoms with Crippen LogP contribution in [0.25, 0.3) is 11.6 Å². The van der Waals surface area contributed by atoms with E-state index in [0.29, 0.717) is 11.1 Å². The SMILES string of the molecule is CCn1c(=O)/c(=C/c2cccnc2)s/c1=C(/C#N)C(=O)O. The Balaban J connectivity index is 2.83. The Morgan fingerprint density at radius 2 is 2.38 bits per heavy atom. The lowest BCUT2D eigenvalue weighted by Crippen LogP contribution is -2.32. The van der Waals surface area contributed by atoms with Gasteiger partial charge in [0.2, 0.25) is 0 Å². The van der Waals surface area contributed by atoms with E-state index < -0.39 is 11.5 Å². The van der Waals surface area contributed by atoms with E-state index in [-0.39, 0.29) is 10.2 Å². The lowest BCUT2D eigenvalue weighted by molar-refractivity contribution is -0.130. The molecule has 0 saturated carbocycles. The highest BCUT2D eigenvalue weighted by atomic mass is 32.1. The zero-order chi connectivity index (χ0) is 15.4. The van der Waals surface area contributed by atoms with Crippen molar-refractivity contribution in [3.8, 4) is 6.07 Å². The third kappa shape index (κ3) is 2.90. The normalized spacial score (nSPS) is 12.9. The predicted octanol–water partition coefficient (Wildman–Crippen LogP) is -0.0876. The number of nitrogens with zero attached hydrogens (tertiary/aromatic N) is 3. The van der Waals surface area contributed by atoms with Gasteiger partial charge in [0.05, 0.1) is 4.53 Å². The van der Waals surface area contributed by atoms with Crippen molar-refractivity contribution in [2.24, 2.45) is 0 Å². The molecule has 6 nitrogen and oxygen atoms in total. The molecule has 0 amide bonds. The van der Waals surface area contributed by atoms with Crippen molar-refractivity contribution in [1.29, 1.82) is 5.26 Å². The lowest BCUT2D eigenvalue weighted by Gasteiger charge is -1.95. The second-order valence-corrected chi connectivity index (χ2v) is 5.07. The minimum Gasteiger partial charge on any atom is -0.477 e. The summed E-state index contributed by atoms with van der Waals surface area (Å²) in [7, 11) is 0. The molecule has 0 bridgehead atoms. The van der Waals surface area contributed by atoms with Crippen LogP contribution in [0.15, 0.2) is 29.3 Å². The summed E-state index contributed by atoms with van der Waals surface area (Å²) >= 11 is 0.993. The first kappa shape index (κ1) is 14.7. The monoisotopic (exact) mass is 301 g/mol. The number of thiazole rings is 1. The van der Waals surface area contributed by atoms with E-state index in [1.807, 2.05) is 0 Å². The predicted molar refractivity (Wildman–Crippen MR) is 78.0 cm³/mol. The Labute approximate surface area is 123 Å². The van der Waals surface area contributed by atoms with E-state index in [1.165, 1.54) is 4.57 Å². The molecular formula is C14H11N3O3S. The molecule has 0 aliphatic rings. The molecule has 2 heterocycles. The van der Waals surface area contributed by atoms with Crippen LogP contribution >= 0.6 is 11.3 Å². The summed E-state index contributed by atoms with van der Waals surface area (Å²) in [6.07, 6.45) is 4.85. The van der Waals surface area contributed by atoms with Crippen LogP contribution in [0.2, 0.25) is 0 Å². The molecule has 0 aromatic carbocycles. The Bertz CT molecular complexity index is 888. The third-order valence-corrected chi connectivity index (χ3v) is 3.88. The van der Waals surface area contributed by atoms with Gasteiger partial charge in [-0.3, -0.25) is 14.3 Å². The van der Waals surface area contributed by atoms with E-state index in [9.17, 15) is 9.59 Å². The van der Waals surface area contributed by atoms with Crippen LogP contribution < -0.4 is 14.8 Å². The highest BCUT2D eigenvalue weighted by Gasteiger charge is 2.13. The number of hydrogen-bond acceptors (Lipinski definition) is 5. The molecule has 0 aliphatic carbocycles. The van der Waals surface area contributed by atoms with Gasteiger partial charge in [0.1, 0.15) is 10.7 Å². The van der Waals surface area contributed by atoms with Crippen LogP contribution in [0.1, 0.15) is 12.5 Å². The van der Waals surface area contributed by atoms with Crippen molar-refractivity contribution in [3.05, 3.63) is 49.6 Å². The molecule has 0 saturated heterocycles. The first-order valence-corrected chi connectivity index (χ1v) is 6.89. The van der Waals surface area contributed by atoms with Crippen molar-refractivity contribution in [2.75, 3.05) is 0 Å². The Morgan fingerprint density at radius 3 is 2.90 bits per heavy atom. The van der Waals surface area contributed by atoms with Crippen molar-refractivity contribution in [1.82, 2.24) is 9.55 Å². The number of aromatic nitrogens is 2. The Kier molecular flexibility index (Phi) is 4.30. The largest absolute Gasteiger partial charge is 0.477 e. The molecule has 0 aliphatic heterocycles. The van der Waals surface area contributed by atoms with Crippen molar-refractivity contribution < 1.29 is 9.90 Å². The standard InChI is InChI=1S/C14H11N3O3S/c1-2-17-12(18)11(6-9-4-3-5-16-8-9)21-13(17)10(7-15)14(19)20/h3-6,8H,2H2,1H3,(H,19,20)/b11-6-,13-10-. The highest BCUT2D eigenvalue weighted by molar-refractivity contribution is 7.07. The van der Waals surface area contributed by atoms with Gasteiger partial charge >= 0.3 is 5.97 Å². The van der Waals surface area contributed by atoms with E-state index in [1.54, 1.807) is 43.6 Å². The van der Waals surface area contributed by atoms with Gasteiger partial charge in [-0.2, -0.15) is 5.26 Å². The van der Waals surface area contributed by atoms with Gasteiger partial charge in [0, 0.05) is 18.9 Å². The summed E-state index contributed by atoms with van der Waals surface area (Å²) in [5.74, 6) is -1.34. The number of carboxylic acids is 1. The zero-order valence-corrected chi connectivity index (χ0v) is 11.9. The van der Waals surface area contributed by atoms with Crippen molar-refractivity contribution in [2.45, 2.75) is 13.5 Å². The molecule has 106 valence electrons. The average Bonchev–Trinajstić information content (AvgIpc) is 2.77. The van der Waals surface area contributed by atoms with Crippen LogP contribution in [0.5, 0.6) is 0 Å². The highest BCUT2D eigenvalue weighted by Crippen LogP contribution is 1.97. The number of aliphatic carboxylic acids is 1. The van der Waals surface area contributed by atoms with Crippen LogP contribution in [0.3, 0.4) is 0 Å². The van der Waals surface area contributed by atoms with Gasteiger partial charge in [-0.1, -0.05) is 6.07 Å². The maximum atomic E-state index is 12.3. The van der Waals surface area contributed by atoms with Crippen LogP contribution in [-0.4, -0.2) is 20.6 Å². The summed E-state index contributed by atoms with van der Waals surface area (Å²) in [4.78, 5) is 27.3. The fourth-order valence-electron chi connectivity index (χ4n) is 1.79. The molecule has 0 atom stereocenters. The van der Waals surface area contributed by atoms with Crippen molar-refractivity contribution in [3.63, 3.8) is 0 Å². The van der Waals surface area contributed by atoms with Gasteiger partial charge in [0.25, 0.3) is 5.56 Å². The van der Waals surface area contributed by atoms with Crippen LogP contribution in [0, 0.1) is 11.3 Å². The first-order valence-electron chi connectivity index (χ1n) is 6.07. The summed E-state index contributed by atoms with van der Waals surface area (Å²) < 4.78 is 1.82. The van der Waals surface area contributed by atoms with Gasteiger partial charge in [-0.25, -0.2) is 4.79 Å². The number of carbonyl (C=O) groups is 1. The minimum absolute atomic E-state index is 0.160. The van der Waals surface area contributed by atoms with E-state index in [2.05, 4.69) is 4.98 Å². The fraction of sp³-hybridized carbons (Fsp3) is 0.143. The Morgan fingerprint density at radius 1 is 1.62 bits per heavy atom. The Hall–Kier alpha value is -2.72. The zero-order valence-electron chi connectivity index (χ0n) is 11.1. The summed E-state index contributed by atoms with van der Waals surface area (Å²) in [6.45, 7) is 2.02. The maximum absolute atomic E-state index is 12.3. The minimum atomic E-state index is -1.34. The molecule has 0 radical (unpaired) electrons. The van der Waals surface area contributed by atoms with Crippen LogP contribution in [-0.2, 0) is 11.3 Å². The van der Waals surface area contributed by atoms with E-state index in [4.69, 9.17) is 10.4 Å². The maximum Gasteiger partial charge on any atom is 0.349 e. The number of hydrogen-bond donors (Lipinski definition) is 1. The molecule has 21 heavy (non-hydrogen) atoms. The quantitative estimate of drug-likeness (QED) is 0.855. The molecule has 7 heteroatoms. The number of pyridine rings is 1. The second kappa shape index (κ2) is 6.15. The molecule has 2 aromatic rings. The number of carboxylic acid groups (broad SMARTS) is 1. The fourth-order valence-corrected chi connectivity index (χ4v) is 2.95. The van der Waals surface area contributed by atoms with Gasteiger partial charge < -0.3 is 5.11 Å². The van der Waals surface area contributed by atoms with E-state index in [0.717, 1.165) is 16.9 Å². The lowest BCUT2D eigenvalue weighted by atomic mass is 10.3. The first-order chi connectivity index (χ1) is 10.1. The average molecular weight is 301 g/mol. The topological polar surface area (TPSA) is 96.0 Å². The van der Waals surface area contributed by atoms with Crippen LogP contribution in [0.4, 0.5) is 0 Å². The van der Waals surface area contributed by atoms with Crippen molar-refractivity contribution >= 4 is 29.0 Å². The molecule has 0 unspecified atom stereocenters. The number of rotatable bonds is 3. The second-order valence-electron chi connectivity index (χ2n) is 4.04.